The lowest BCUT2D eigenvalue weighted by atomic mass is 9.94. The molecule has 0 aliphatic rings. The van der Waals surface area contributed by atoms with Crippen LogP contribution in [0.1, 0.15) is 31.8 Å². The van der Waals surface area contributed by atoms with Gasteiger partial charge in [-0.2, -0.15) is 0 Å². The Morgan fingerprint density at radius 2 is 1.52 bits per heavy atom. The highest BCUT2D eigenvalue weighted by Gasteiger charge is 2.23. The molecule has 0 N–H and O–H groups in total. The zero-order valence-corrected chi connectivity index (χ0v) is 11.6. The highest BCUT2D eigenvalue weighted by atomic mass is 16.6. The number of nitro groups is 1. The van der Waals surface area contributed by atoms with E-state index in [0.29, 0.717) is 16.7 Å². The summed E-state index contributed by atoms with van der Waals surface area (Å²) in [5, 5.41) is 10.9. The fraction of sp³-hybridized carbons (Fsp3) is 0.125. The minimum atomic E-state index is -0.656. The van der Waals surface area contributed by atoms with Crippen LogP contribution in [0.5, 0.6) is 0 Å². The Kier molecular flexibility index (Phi) is 3.93. The maximum atomic E-state index is 12.3. The summed E-state index contributed by atoms with van der Waals surface area (Å²) >= 11 is 0. The van der Waals surface area contributed by atoms with E-state index in [1.165, 1.54) is 12.1 Å². The van der Waals surface area contributed by atoms with Gasteiger partial charge in [0.05, 0.1) is 4.92 Å². The van der Waals surface area contributed by atoms with Crippen molar-refractivity contribution in [2.24, 2.45) is 0 Å². The number of rotatable bonds is 4. The molecule has 106 valence electrons. The molecule has 5 heteroatoms. The van der Waals surface area contributed by atoms with E-state index < -0.39 is 16.5 Å². The minimum absolute atomic E-state index is 0.0591. The molecule has 0 saturated heterocycles. The SMILES string of the molecule is Cc1c(C(=O)C(=O)c2ccccc2)ccc([N+](=O)[O-])c1C. The van der Waals surface area contributed by atoms with Crippen molar-refractivity contribution in [2.75, 3.05) is 0 Å². The van der Waals surface area contributed by atoms with Crippen LogP contribution in [-0.4, -0.2) is 16.5 Å². The van der Waals surface area contributed by atoms with Crippen molar-refractivity contribution in [1.29, 1.82) is 0 Å². The van der Waals surface area contributed by atoms with E-state index in [-0.39, 0.29) is 11.3 Å². The summed E-state index contributed by atoms with van der Waals surface area (Å²) in [5.41, 5.74) is 1.30. The molecule has 5 nitrogen and oxygen atoms in total. The number of hydrogen-bond donors (Lipinski definition) is 0. The van der Waals surface area contributed by atoms with Crippen molar-refractivity contribution in [1.82, 2.24) is 0 Å². The summed E-state index contributed by atoms with van der Waals surface area (Å²) in [6, 6.07) is 10.8. The second-order valence-corrected chi connectivity index (χ2v) is 4.66. The van der Waals surface area contributed by atoms with Crippen molar-refractivity contribution in [3.63, 3.8) is 0 Å². The van der Waals surface area contributed by atoms with Gasteiger partial charge in [-0.15, -0.1) is 0 Å². The number of nitrogens with zero attached hydrogens (tertiary/aromatic N) is 1. The van der Waals surface area contributed by atoms with Crippen molar-refractivity contribution in [2.45, 2.75) is 13.8 Å². The maximum Gasteiger partial charge on any atom is 0.272 e. The number of Topliss-reactive ketones (excluding diaryl/α,β-unsaturated/α-hetero) is 2. The number of hydrogen-bond acceptors (Lipinski definition) is 4. The van der Waals surface area contributed by atoms with Gasteiger partial charge >= 0.3 is 0 Å². The maximum absolute atomic E-state index is 12.3. The number of carbonyl (C=O) groups is 2. The van der Waals surface area contributed by atoms with E-state index in [0.717, 1.165) is 0 Å². The fourth-order valence-corrected chi connectivity index (χ4v) is 2.09. The van der Waals surface area contributed by atoms with E-state index >= 15 is 0 Å². The molecule has 0 aliphatic carbocycles. The van der Waals surface area contributed by atoms with Crippen LogP contribution in [0.2, 0.25) is 0 Å². The number of nitro benzene ring substituents is 1. The van der Waals surface area contributed by atoms with Crippen molar-refractivity contribution in [3.8, 4) is 0 Å². The molecule has 0 spiro atoms. The molecule has 0 atom stereocenters. The molecule has 0 aliphatic heterocycles. The second kappa shape index (κ2) is 5.66. The van der Waals surface area contributed by atoms with Crippen LogP contribution in [0.4, 0.5) is 5.69 Å². The smallest absolute Gasteiger partial charge is 0.272 e. The third kappa shape index (κ3) is 2.72. The molecule has 21 heavy (non-hydrogen) atoms. The minimum Gasteiger partial charge on any atom is -0.285 e. The first kappa shape index (κ1) is 14.6. The molecule has 0 heterocycles. The van der Waals surface area contributed by atoms with Gasteiger partial charge in [0.25, 0.3) is 5.69 Å². The van der Waals surface area contributed by atoms with E-state index in [9.17, 15) is 19.7 Å². The van der Waals surface area contributed by atoms with Crippen LogP contribution in [0, 0.1) is 24.0 Å². The highest BCUT2D eigenvalue weighted by molar-refractivity contribution is 6.49. The molecule has 0 saturated carbocycles. The third-order valence-electron chi connectivity index (χ3n) is 3.44. The van der Waals surface area contributed by atoms with Gasteiger partial charge in [-0.1, -0.05) is 30.3 Å². The summed E-state index contributed by atoms with van der Waals surface area (Å²) in [7, 11) is 0. The van der Waals surface area contributed by atoms with E-state index in [4.69, 9.17) is 0 Å². The molecule has 0 fully saturated rings. The van der Waals surface area contributed by atoms with Crippen LogP contribution in [-0.2, 0) is 0 Å². The molecule has 2 rings (SSSR count). The molecule has 2 aromatic carbocycles. The highest BCUT2D eigenvalue weighted by Crippen LogP contribution is 2.25. The molecule has 0 unspecified atom stereocenters. The second-order valence-electron chi connectivity index (χ2n) is 4.66. The standard InChI is InChI=1S/C16H13NO4/c1-10-11(2)14(17(20)21)9-8-13(10)16(19)15(18)12-6-4-3-5-7-12/h3-9H,1-2H3. The molecular formula is C16H13NO4. The summed E-state index contributed by atoms with van der Waals surface area (Å²) in [6.07, 6.45) is 0. The topological polar surface area (TPSA) is 77.3 Å². The Morgan fingerprint density at radius 1 is 0.905 bits per heavy atom. The lowest BCUT2D eigenvalue weighted by Crippen LogP contribution is -2.16. The normalized spacial score (nSPS) is 10.2. The van der Waals surface area contributed by atoms with Crippen molar-refractivity contribution in [3.05, 3.63) is 74.8 Å². The molecule has 0 aromatic heterocycles. The van der Waals surface area contributed by atoms with Gasteiger partial charge in [0.15, 0.2) is 0 Å². The van der Waals surface area contributed by atoms with Crippen LogP contribution >= 0.6 is 0 Å². The number of benzene rings is 2. The van der Waals surface area contributed by atoms with Gasteiger partial charge in [-0.3, -0.25) is 19.7 Å². The van der Waals surface area contributed by atoms with Gasteiger partial charge in [-0.25, -0.2) is 0 Å². The quantitative estimate of drug-likeness (QED) is 0.373. The summed E-state index contributed by atoms with van der Waals surface area (Å²) in [4.78, 5) is 34.8. The Bertz CT molecular complexity index is 735. The largest absolute Gasteiger partial charge is 0.285 e. The Balaban J connectivity index is 2.43. The summed E-state index contributed by atoms with van der Waals surface area (Å²) < 4.78 is 0. The van der Waals surface area contributed by atoms with Gasteiger partial charge in [0.1, 0.15) is 0 Å². The molecule has 0 amide bonds. The lowest BCUT2D eigenvalue weighted by Gasteiger charge is -2.07. The Hall–Kier alpha value is -2.82. The summed E-state index contributed by atoms with van der Waals surface area (Å²) in [5.74, 6) is -1.27. The molecular weight excluding hydrogens is 270 g/mol. The first-order valence-electron chi connectivity index (χ1n) is 6.32. The average molecular weight is 283 g/mol. The van der Waals surface area contributed by atoms with E-state index in [2.05, 4.69) is 0 Å². The molecule has 0 bridgehead atoms. The van der Waals surface area contributed by atoms with Crippen LogP contribution in [0.15, 0.2) is 42.5 Å². The van der Waals surface area contributed by atoms with Gasteiger partial charge < -0.3 is 0 Å². The first-order valence-corrected chi connectivity index (χ1v) is 6.32. The predicted octanol–water partition coefficient (Wildman–Crippen LogP) is 3.28. The van der Waals surface area contributed by atoms with Gasteiger partial charge in [-0.05, 0) is 25.5 Å². The molecule has 0 radical (unpaired) electrons. The van der Waals surface area contributed by atoms with Crippen LogP contribution in [0.25, 0.3) is 0 Å². The van der Waals surface area contributed by atoms with Crippen LogP contribution in [0.3, 0.4) is 0 Å². The van der Waals surface area contributed by atoms with Gasteiger partial charge in [0, 0.05) is 22.8 Å². The van der Waals surface area contributed by atoms with Crippen molar-refractivity contribution < 1.29 is 14.5 Å². The zero-order valence-electron chi connectivity index (χ0n) is 11.6. The van der Waals surface area contributed by atoms with E-state index in [1.807, 2.05) is 0 Å². The third-order valence-corrected chi connectivity index (χ3v) is 3.44. The number of carbonyl (C=O) groups excluding carboxylic acids is 2. The average Bonchev–Trinajstić information content (AvgIpc) is 2.49. The van der Waals surface area contributed by atoms with Crippen molar-refractivity contribution >= 4 is 17.3 Å². The lowest BCUT2D eigenvalue weighted by molar-refractivity contribution is -0.385. The monoisotopic (exact) mass is 283 g/mol. The Labute approximate surface area is 121 Å². The predicted molar refractivity (Wildman–Crippen MR) is 77.7 cm³/mol. The van der Waals surface area contributed by atoms with E-state index in [1.54, 1.807) is 44.2 Å². The Morgan fingerprint density at radius 3 is 2.10 bits per heavy atom. The zero-order chi connectivity index (χ0) is 15.6. The van der Waals surface area contributed by atoms with Crippen LogP contribution < -0.4 is 0 Å². The van der Waals surface area contributed by atoms with Gasteiger partial charge in [0.2, 0.25) is 11.6 Å². The molecule has 2 aromatic rings. The summed E-state index contributed by atoms with van der Waals surface area (Å²) in [6.45, 7) is 3.17. The first-order chi connectivity index (χ1) is 9.93. The number of ketones is 2. The fourth-order valence-electron chi connectivity index (χ4n) is 2.09.